The monoisotopic (exact) mass is 207 g/mol. The fourth-order valence-electron chi connectivity index (χ4n) is 1.20. The van der Waals surface area contributed by atoms with Crippen molar-refractivity contribution in [1.29, 1.82) is 5.26 Å². The van der Waals surface area contributed by atoms with Gasteiger partial charge in [0.25, 0.3) is 0 Å². The third-order valence-corrected chi connectivity index (χ3v) is 2.74. The molecule has 14 heavy (non-hydrogen) atoms. The van der Waals surface area contributed by atoms with E-state index in [1.54, 1.807) is 0 Å². The maximum atomic E-state index is 11.3. The number of aromatic nitrogens is 1. The van der Waals surface area contributed by atoms with E-state index in [2.05, 4.69) is 4.98 Å². The number of carbonyl (C=O) groups is 2. The average molecular weight is 207 g/mol. The molecule has 1 fully saturated rings. The predicted octanol–water partition coefficient (Wildman–Crippen LogP) is 0.321. The first-order valence-corrected chi connectivity index (χ1v) is 4.70. The summed E-state index contributed by atoms with van der Waals surface area (Å²) < 4.78 is 0. The van der Waals surface area contributed by atoms with E-state index < -0.39 is 0 Å². The molecule has 0 radical (unpaired) electrons. The molecule has 0 atom stereocenters. The second kappa shape index (κ2) is 3.20. The van der Waals surface area contributed by atoms with Crippen molar-refractivity contribution in [2.24, 2.45) is 0 Å². The Morgan fingerprint density at radius 1 is 1.57 bits per heavy atom. The van der Waals surface area contributed by atoms with Gasteiger partial charge < -0.3 is 0 Å². The summed E-state index contributed by atoms with van der Waals surface area (Å²) in [5.41, 5.74) is 0. The Morgan fingerprint density at radius 3 is 2.86 bits per heavy atom. The second-order valence-corrected chi connectivity index (χ2v) is 3.82. The van der Waals surface area contributed by atoms with E-state index in [9.17, 15) is 9.59 Å². The highest BCUT2D eigenvalue weighted by Gasteiger charge is 2.30. The Bertz CT molecular complexity index is 446. The summed E-state index contributed by atoms with van der Waals surface area (Å²) in [7, 11) is 0. The molecule has 1 amide bonds. The first-order valence-electron chi connectivity index (χ1n) is 3.88. The molecule has 2 heterocycles. The fraction of sp³-hybridized carbons (Fsp3) is 0.250. The standard InChI is InChI=1S/C8H5N3O2S/c9-2-6-3-10-8(14-6)11-4-5(12)1-7(11)13/h3H,1,4H2. The van der Waals surface area contributed by atoms with Gasteiger partial charge >= 0.3 is 0 Å². The van der Waals surface area contributed by atoms with Gasteiger partial charge in [0.05, 0.1) is 19.2 Å². The van der Waals surface area contributed by atoms with Crippen LogP contribution in [0.1, 0.15) is 11.3 Å². The number of ketones is 1. The van der Waals surface area contributed by atoms with Crippen molar-refractivity contribution in [3.8, 4) is 6.07 Å². The summed E-state index contributed by atoms with van der Waals surface area (Å²) in [5.74, 6) is -0.349. The Labute approximate surface area is 83.6 Å². The van der Waals surface area contributed by atoms with Crippen molar-refractivity contribution < 1.29 is 9.59 Å². The van der Waals surface area contributed by atoms with Crippen LogP contribution in [0.5, 0.6) is 0 Å². The molecule has 5 nitrogen and oxygen atoms in total. The van der Waals surface area contributed by atoms with Crippen molar-refractivity contribution in [1.82, 2.24) is 4.98 Å². The number of anilines is 1. The molecule has 0 bridgehead atoms. The summed E-state index contributed by atoms with van der Waals surface area (Å²) in [6, 6.07) is 1.93. The molecule has 70 valence electrons. The zero-order valence-electron chi connectivity index (χ0n) is 7.06. The second-order valence-electron chi connectivity index (χ2n) is 2.81. The molecule has 0 aromatic carbocycles. The zero-order valence-corrected chi connectivity index (χ0v) is 7.87. The van der Waals surface area contributed by atoms with Crippen LogP contribution in [0.3, 0.4) is 0 Å². The smallest absolute Gasteiger partial charge is 0.236 e. The van der Waals surface area contributed by atoms with Gasteiger partial charge in [-0.3, -0.25) is 14.5 Å². The lowest BCUT2D eigenvalue weighted by atomic mass is 10.3. The molecule has 6 heteroatoms. The number of carbonyl (C=O) groups excluding carboxylic acids is 2. The molecule has 1 saturated heterocycles. The average Bonchev–Trinajstić information content (AvgIpc) is 2.71. The van der Waals surface area contributed by atoms with Crippen LogP contribution in [0.4, 0.5) is 5.13 Å². The van der Waals surface area contributed by atoms with E-state index in [1.807, 2.05) is 6.07 Å². The minimum Gasteiger partial charge on any atom is -0.297 e. The predicted molar refractivity (Wildman–Crippen MR) is 48.8 cm³/mol. The van der Waals surface area contributed by atoms with Gasteiger partial charge in [-0.2, -0.15) is 5.26 Å². The van der Waals surface area contributed by atoms with Crippen molar-refractivity contribution in [2.75, 3.05) is 11.4 Å². The molecule has 0 saturated carbocycles. The third kappa shape index (κ3) is 1.38. The highest BCUT2D eigenvalue weighted by Crippen LogP contribution is 2.24. The van der Waals surface area contributed by atoms with Crippen LogP contribution in [0.15, 0.2) is 6.20 Å². The van der Waals surface area contributed by atoms with E-state index >= 15 is 0 Å². The van der Waals surface area contributed by atoms with Crippen molar-refractivity contribution in [3.63, 3.8) is 0 Å². The topological polar surface area (TPSA) is 74.1 Å². The minimum absolute atomic E-state index is 0.0541. The highest BCUT2D eigenvalue weighted by atomic mass is 32.1. The fourth-order valence-corrected chi connectivity index (χ4v) is 1.93. The van der Waals surface area contributed by atoms with Gasteiger partial charge in [-0.25, -0.2) is 4.98 Å². The number of amides is 1. The largest absolute Gasteiger partial charge is 0.297 e. The molecule has 1 aliphatic rings. The maximum Gasteiger partial charge on any atom is 0.236 e. The molecule has 0 aliphatic carbocycles. The molecule has 1 aromatic heterocycles. The van der Waals surface area contributed by atoms with Gasteiger partial charge in [0.1, 0.15) is 10.9 Å². The zero-order chi connectivity index (χ0) is 10.1. The summed E-state index contributed by atoms with van der Waals surface area (Å²) in [6.45, 7) is 0.0806. The molecule has 0 spiro atoms. The Kier molecular flexibility index (Phi) is 2.02. The quantitative estimate of drug-likeness (QED) is 0.621. The molecule has 1 aromatic rings. The Hall–Kier alpha value is -1.74. The minimum atomic E-state index is -0.242. The molecule has 0 N–H and O–H groups in total. The van der Waals surface area contributed by atoms with E-state index in [0.29, 0.717) is 10.0 Å². The normalized spacial score (nSPS) is 16.1. The van der Waals surface area contributed by atoms with E-state index in [1.165, 1.54) is 11.1 Å². The van der Waals surface area contributed by atoms with Crippen molar-refractivity contribution in [2.45, 2.75) is 6.42 Å². The third-order valence-electron chi connectivity index (χ3n) is 1.82. The number of nitriles is 1. The van der Waals surface area contributed by atoms with Crippen LogP contribution in [0, 0.1) is 11.3 Å². The van der Waals surface area contributed by atoms with Gasteiger partial charge in [0.15, 0.2) is 10.9 Å². The van der Waals surface area contributed by atoms with Crippen LogP contribution in [-0.2, 0) is 9.59 Å². The number of thiazole rings is 1. The summed E-state index contributed by atoms with van der Waals surface area (Å²) in [6.07, 6.45) is 1.34. The van der Waals surface area contributed by atoms with Crippen LogP contribution < -0.4 is 4.90 Å². The maximum absolute atomic E-state index is 11.3. The first kappa shape index (κ1) is 8.84. The lowest BCUT2D eigenvalue weighted by molar-refractivity contribution is -0.121. The molecule has 1 aliphatic heterocycles. The molecular formula is C8H5N3O2S. The Morgan fingerprint density at radius 2 is 2.36 bits per heavy atom. The summed E-state index contributed by atoms with van der Waals surface area (Å²) >= 11 is 1.12. The number of hydrogen-bond acceptors (Lipinski definition) is 5. The van der Waals surface area contributed by atoms with Gasteiger partial charge in [0, 0.05) is 0 Å². The lowest BCUT2D eigenvalue weighted by Gasteiger charge is -2.08. The van der Waals surface area contributed by atoms with E-state index in [-0.39, 0.29) is 24.7 Å². The van der Waals surface area contributed by atoms with Gasteiger partial charge in [-0.15, -0.1) is 0 Å². The van der Waals surface area contributed by atoms with Gasteiger partial charge in [-0.05, 0) is 0 Å². The Balaban J connectivity index is 2.28. The van der Waals surface area contributed by atoms with Crippen molar-refractivity contribution in [3.05, 3.63) is 11.1 Å². The van der Waals surface area contributed by atoms with E-state index in [4.69, 9.17) is 5.26 Å². The van der Waals surface area contributed by atoms with Gasteiger partial charge in [0.2, 0.25) is 5.91 Å². The number of nitrogens with zero attached hydrogens (tertiary/aromatic N) is 3. The van der Waals surface area contributed by atoms with Crippen LogP contribution >= 0.6 is 11.3 Å². The molecule has 2 rings (SSSR count). The summed E-state index contributed by atoms with van der Waals surface area (Å²) in [5, 5.41) is 8.99. The molecular weight excluding hydrogens is 202 g/mol. The SMILES string of the molecule is N#Cc1cnc(N2CC(=O)CC2=O)s1. The van der Waals surface area contributed by atoms with E-state index in [0.717, 1.165) is 11.3 Å². The van der Waals surface area contributed by atoms with Crippen LogP contribution in [0.25, 0.3) is 0 Å². The number of Topliss-reactive ketones (excluding diaryl/α,β-unsaturated/α-hetero) is 1. The molecule has 0 unspecified atom stereocenters. The van der Waals surface area contributed by atoms with Crippen LogP contribution in [0.2, 0.25) is 0 Å². The lowest BCUT2D eigenvalue weighted by Crippen LogP contribution is -2.24. The number of rotatable bonds is 1. The summed E-state index contributed by atoms with van der Waals surface area (Å²) in [4.78, 5) is 27.9. The highest BCUT2D eigenvalue weighted by molar-refractivity contribution is 7.16. The van der Waals surface area contributed by atoms with Crippen LogP contribution in [-0.4, -0.2) is 23.2 Å². The number of hydrogen-bond donors (Lipinski definition) is 0. The van der Waals surface area contributed by atoms with Gasteiger partial charge in [-0.1, -0.05) is 11.3 Å². The van der Waals surface area contributed by atoms with Crippen molar-refractivity contribution >= 4 is 28.2 Å². The first-order chi connectivity index (χ1) is 6.70.